The summed E-state index contributed by atoms with van der Waals surface area (Å²) < 4.78 is 23.7. The molecule has 5 nitrogen and oxygen atoms in total. The van der Waals surface area contributed by atoms with Gasteiger partial charge in [-0.2, -0.15) is 4.98 Å². The Hall–Kier alpha value is -2.73. The van der Waals surface area contributed by atoms with Crippen molar-refractivity contribution in [3.63, 3.8) is 0 Å². The summed E-state index contributed by atoms with van der Waals surface area (Å²) in [6.45, 7) is 1.68. The summed E-state index contributed by atoms with van der Waals surface area (Å²) in [6.07, 6.45) is 0. The van der Waals surface area contributed by atoms with Gasteiger partial charge in [-0.3, -0.25) is 0 Å². The molecule has 0 unspecified atom stereocenters. The lowest BCUT2D eigenvalue weighted by molar-refractivity contribution is 0.0424. The van der Waals surface area contributed by atoms with Crippen molar-refractivity contribution in [2.45, 2.75) is 13.5 Å². The van der Waals surface area contributed by atoms with Gasteiger partial charge in [-0.15, -0.1) is 0 Å². The fourth-order valence-electron chi connectivity index (χ4n) is 2.11. The van der Waals surface area contributed by atoms with Crippen molar-refractivity contribution in [3.05, 3.63) is 70.3 Å². The Labute approximate surface area is 142 Å². The van der Waals surface area contributed by atoms with Crippen molar-refractivity contribution in [1.82, 2.24) is 10.1 Å². The Morgan fingerprint density at radius 2 is 2.08 bits per heavy atom. The van der Waals surface area contributed by atoms with Crippen LogP contribution in [0.15, 0.2) is 47.0 Å². The number of aromatic nitrogens is 2. The number of nitrogens with zero attached hydrogens (tertiary/aromatic N) is 2. The van der Waals surface area contributed by atoms with E-state index >= 15 is 0 Å². The number of halogens is 2. The molecule has 0 saturated heterocycles. The average Bonchev–Trinajstić information content (AvgIpc) is 3.02. The number of esters is 1. The van der Waals surface area contributed by atoms with Crippen LogP contribution in [-0.2, 0) is 11.3 Å². The highest BCUT2D eigenvalue weighted by molar-refractivity contribution is 6.30. The Kier molecular flexibility index (Phi) is 4.57. The van der Waals surface area contributed by atoms with Crippen molar-refractivity contribution in [2.75, 3.05) is 0 Å². The van der Waals surface area contributed by atoms with Gasteiger partial charge in [0.2, 0.25) is 5.82 Å². The summed E-state index contributed by atoms with van der Waals surface area (Å²) >= 11 is 5.64. The van der Waals surface area contributed by atoms with E-state index in [2.05, 4.69) is 10.1 Å². The maximum Gasteiger partial charge on any atom is 0.341 e. The molecule has 2 aromatic carbocycles. The van der Waals surface area contributed by atoms with E-state index < -0.39 is 11.8 Å². The number of carbonyl (C=O) groups excluding carboxylic acids is 1. The van der Waals surface area contributed by atoms with Gasteiger partial charge in [0.1, 0.15) is 5.82 Å². The number of benzene rings is 2. The number of aryl methyl sites for hydroxylation is 1. The second-order valence-corrected chi connectivity index (χ2v) is 5.46. The Morgan fingerprint density at radius 1 is 1.29 bits per heavy atom. The molecule has 0 amide bonds. The zero-order valence-corrected chi connectivity index (χ0v) is 13.4. The largest absolute Gasteiger partial charge is 0.452 e. The zero-order valence-electron chi connectivity index (χ0n) is 12.6. The molecule has 24 heavy (non-hydrogen) atoms. The molecular weight excluding hydrogens is 335 g/mol. The standard InChI is InChI=1S/C17H12ClFN2O3/c1-10-4-2-3-5-12(10)16-20-15(24-21-16)9-23-17(22)13-7-6-11(18)8-14(13)19/h2-8H,9H2,1H3. The van der Waals surface area contributed by atoms with Crippen LogP contribution in [0, 0.1) is 12.7 Å². The average molecular weight is 347 g/mol. The van der Waals surface area contributed by atoms with Crippen molar-refractivity contribution in [3.8, 4) is 11.4 Å². The quantitative estimate of drug-likeness (QED) is 0.662. The summed E-state index contributed by atoms with van der Waals surface area (Å²) in [6, 6.07) is 11.3. The minimum Gasteiger partial charge on any atom is -0.452 e. The van der Waals surface area contributed by atoms with E-state index in [1.54, 1.807) is 0 Å². The molecular formula is C17H12ClFN2O3. The topological polar surface area (TPSA) is 65.2 Å². The minimum atomic E-state index is -0.834. The maximum absolute atomic E-state index is 13.7. The van der Waals surface area contributed by atoms with Crippen LogP contribution in [0.5, 0.6) is 0 Å². The Bertz CT molecular complexity index is 895. The smallest absolute Gasteiger partial charge is 0.341 e. The lowest BCUT2D eigenvalue weighted by Crippen LogP contribution is -2.07. The normalized spacial score (nSPS) is 10.6. The summed E-state index contributed by atoms with van der Waals surface area (Å²) in [5.41, 5.74) is 1.60. The van der Waals surface area contributed by atoms with Crippen molar-refractivity contribution >= 4 is 17.6 Å². The SMILES string of the molecule is Cc1ccccc1-c1noc(COC(=O)c2ccc(Cl)cc2F)n1. The highest BCUT2D eigenvalue weighted by Gasteiger charge is 2.16. The highest BCUT2D eigenvalue weighted by Crippen LogP contribution is 2.20. The number of hydrogen-bond donors (Lipinski definition) is 0. The van der Waals surface area contributed by atoms with E-state index in [9.17, 15) is 9.18 Å². The molecule has 1 heterocycles. The van der Waals surface area contributed by atoms with Crippen molar-refractivity contribution in [1.29, 1.82) is 0 Å². The third kappa shape index (κ3) is 3.44. The summed E-state index contributed by atoms with van der Waals surface area (Å²) in [7, 11) is 0. The van der Waals surface area contributed by atoms with Crippen LogP contribution in [0.3, 0.4) is 0 Å². The number of carbonyl (C=O) groups is 1. The molecule has 0 atom stereocenters. The minimum absolute atomic E-state index is 0.121. The zero-order chi connectivity index (χ0) is 17.1. The van der Waals surface area contributed by atoms with Gasteiger partial charge in [0.25, 0.3) is 5.89 Å². The molecule has 7 heteroatoms. The fraction of sp³-hybridized carbons (Fsp3) is 0.118. The molecule has 3 rings (SSSR count). The monoisotopic (exact) mass is 346 g/mol. The molecule has 0 fully saturated rings. The lowest BCUT2D eigenvalue weighted by Gasteiger charge is -2.03. The van der Waals surface area contributed by atoms with Crippen LogP contribution in [0.25, 0.3) is 11.4 Å². The molecule has 0 aliphatic heterocycles. The van der Waals surface area contributed by atoms with E-state index in [1.807, 2.05) is 31.2 Å². The van der Waals surface area contributed by atoms with Gasteiger partial charge in [0, 0.05) is 10.6 Å². The maximum atomic E-state index is 13.7. The first-order valence-electron chi connectivity index (χ1n) is 7.05. The van der Waals surface area contributed by atoms with Crippen LogP contribution in [0.1, 0.15) is 21.8 Å². The van der Waals surface area contributed by atoms with Crippen LogP contribution < -0.4 is 0 Å². The molecule has 3 aromatic rings. The Morgan fingerprint density at radius 3 is 2.83 bits per heavy atom. The van der Waals surface area contributed by atoms with Crippen LogP contribution in [-0.4, -0.2) is 16.1 Å². The highest BCUT2D eigenvalue weighted by atomic mass is 35.5. The van der Waals surface area contributed by atoms with Crippen molar-refractivity contribution in [2.24, 2.45) is 0 Å². The fourth-order valence-corrected chi connectivity index (χ4v) is 2.27. The molecule has 0 bridgehead atoms. The van der Waals surface area contributed by atoms with Gasteiger partial charge >= 0.3 is 5.97 Å². The third-order valence-electron chi connectivity index (χ3n) is 3.33. The first kappa shape index (κ1) is 16.1. The van der Waals surface area contributed by atoms with Crippen molar-refractivity contribution < 1.29 is 18.4 Å². The lowest BCUT2D eigenvalue weighted by atomic mass is 10.1. The summed E-state index contributed by atoms with van der Waals surface area (Å²) in [5.74, 6) is -1.06. The van der Waals surface area contributed by atoms with E-state index in [-0.39, 0.29) is 23.1 Å². The third-order valence-corrected chi connectivity index (χ3v) is 3.57. The Balaban J connectivity index is 1.69. The number of ether oxygens (including phenoxy) is 1. The predicted molar refractivity (Wildman–Crippen MR) is 85.0 cm³/mol. The van der Waals surface area contributed by atoms with Crippen LogP contribution in [0.4, 0.5) is 4.39 Å². The second-order valence-electron chi connectivity index (χ2n) is 5.03. The van der Waals surface area contributed by atoms with E-state index in [4.69, 9.17) is 20.9 Å². The summed E-state index contributed by atoms with van der Waals surface area (Å²) in [4.78, 5) is 16.1. The van der Waals surface area contributed by atoms with E-state index in [1.165, 1.54) is 12.1 Å². The van der Waals surface area contributed by atoms with E-state index in [0.29, 0.717) is 5.82 Å². The molecule has 1 aromatic heterocycles. The van der Waals surface area contributed by atoms with Gasteiger partial charge < -0.3 is 9.26 Å². The molecule has 0 spiro atoms. The predicted octanol–water partition coefficient (Wildman–Crippen LogP) is 4.19. The first-order valence-corrected chi connectivity index (χ1v) is 7.43. The van der Waals surface area contributed by atoms with Gasteiger partial charge in [-0.1, -0.05) is 41.0 Å². The molecule has 0 radical (unpaired) electrons. The van der Waals surface area contributed by atoms with Crippen LogP contribution in [0.2, 0.25) is 5.02 Å². The molecule has 0 saturated carbocycles. The van der Waals surface area contributed by atoms with Gasteiger partial charge in [-0.25, -0.2) is 9.18 Å². The second kappa shape index (κ2) is 6.80. The molecule has 0 aliphatic rings. The molecule has 122 valence electrons. The van der Waals surface area contributed by atoms with Gasteiger partial charge in [-0.05, 0) is 30.7 Å². The van der Waals surface area contributed by atoms with Gasteiger partial charge in [0.15, 0.2) is 6.61 Å². The number of rotatable bonds is 4. The molecule has 0 aliphatic carbocycles. The first-order chi connectivity index (χ1) is 11.5. The summed E-state index contributed by atoms with van der Waals surface area (Å²) in [5, 5.41) is 4.06. The van der Waals surface area contributed by atoms with Crippen LogP contribution >= 0.6 is 11.6 Å². The molecule has 0 N–H and O–H groups in total. The number of hydrogen-bond acceptors (Lipinski definition) is 5. The van der Waals surface area contributed by atoms with E-state index in [0.717, 1.165) is 17.2 Å². The van der Waals surface area contributed by atoms with Gasteiger partial charge in [0.05, 0.1) is 5.56 Å².